The molecule has 0 aromatic heterocycles. The highest BCUT2D eigenvalue weighted by Gasteiger charge is 2.22. The summed E-state index contributed by atoms with van der Waals surface area (Å²) in [5.74, 6) is 0.0972. The molecule has 1 aliphatic rings. The molecule has 0 spiro atoms. The summed E-state index contributed by atoms with van der Waals surface area (Å²) < 4.78 is 0.943. The Kier molecular flexibility index (Phi) is 6.12. The minimum Gasteiger partial charge on any atom is -0.337 e. The van der Waals surface area contributed by atoms with Gasteiger partial charge >= 0.3 is 0 Å². The molecule has 0 saturated carbocycles. The molecule has 1 saturated heterocycles. The van der Waals surface area contributed by atoms with Gasteiger partial charge in [-0.15, -0.1) is 12.4 Å². The van der Waals surface area contributed by atoms with Gasteiger partial charge in [-0.2, -0.15) is 0 Å². The van der Waals surface area contributed by atoms with Gasteiger partial charge in [-0.3, -0.25) is 4.79 Å². The number of piperidine rings is 1. The number of carbonyl (C=O) groups is 1. The summed E-state index contributed by atoms with van der Waals surface area (Å²) in [5, 5.41) is 3.33. The van der Waals surface area contributed by atoms with E-state index in [2.05, 4.69) is 21.2 Å². The van der Waals surface area contributed by atoms with E-state index < -0.39 is 0 Å². The number of rotatable bonds is 2. The van der Waals surface area contributed by atoms with Gasteiger partial charge in [0.1, 0.15) is 0 Å². The van der Waals surface area contributed by atoms with Gasteiger partial charge in [0.25, 0.3) is 5.91 Å². The maximum Gasteiger partial charge on any atom is 0.253 e. The zero-order valence-electron chi connectivity index (χ0n) is 10.4. The van der Waals surface area contributed by atoms with Crippen molar-refractivity contribution in [2.24, 2.45) is 0 Å². The number of nitrogens with zero attached hydrogens (tertiary/aromatic N) is 1. The smallest absolute Gasteiger partial charge is 0.253 e. The highest BCUT2D eigenvalue weighted by molar-refractivity contribution is 9.10. The molecule has 1 aromatic carbocycles. The minimum absolute atomic E-state index is 0. The van der Waals surface area contributed by atoms with E-state index in [4.69, 9.17) is 0 Å². The molecule has 0 bridgehead atoms. The van der Waals surface area contributed by atoms with Crippen LogP contribution < -0.4 is 5.32 Å². The maximum atomic E-state index is 12.3. The van der Waals surface area contributed by atoms with E-state index in [9.17, 15) is 4.79 Å². The Morgan fingerprint density at radius 3 is 2.89 bits per heavy atom. The van der Waals surface area contributed by atoms with Gasteiger partial charge in [-0.1, -0.05) is 22.0 Å². The Bertz CT molecular complexity index is 408. The van der Waals surface area contributed by atoms with E-state index in [1.165, 1.54) is 0 Å². The number of benzene rings is 1. The Morgan fingerprint density at radius 1 is 1.50 bits per heavy atom. The molecule has 1 N–H and O–H groups in total. The van der Waals surface area contributed by atoms with Crippen molar-refractivity contribution in [2.75, 3.05) is 20.1 Å². The Balaban J connectivity index is 0.00000162. The van der Waals surface area contributed by atoms with Crippen molar-refractivity contribution in [1.29, 1.82) is 0 Å². The van der Waals surface area contributed by atoms with Crippen LogP contribution in [0.3, 0.4) is 0 Å². The molecule has 1 unspecified atom stereocenters. The van der Waals surface area contributed by atoms with E-state index in [0.29, 0.717) is 6.04 Å². The highest BCUT2D eigenvalue weighted by Crippen LogP contribution is 2.16. The fourth-order valence-corrected chi connectivity index (χ4v) is 2.55. The fourth-order valence-electron chi connectivity index (χ4n) is 2.15. The van der Waals surface area contributed by atoms with Crippen LogP contribution in [0.1, 0.15) is 23.2 Å². The normalized spacial score (nSPS) is 18.9. The number of nitrogens with one attached hydrogen (secondary N) is 1. The first-order valence-electron chi connectivity index (χ1n) is 5.92. The number of halogens is 2. The number of hydrogen-bond acceptors (Lipinski definition) is 2. The summed E-state index contributed by atoms with van der Waals surface area (Å²) in [6, 6.07) is 7.87. The van der Waals surface area contributed by atoms with Crippen molar-refractivity contribution in [3.63, 3.8) is 0 Å². The van der Waals surface area contributed by atoms with Crippen molar-refractivity contribution in [2.45, 2.75) is 18.9 Å². The molecule has 1 amide bonds. The molecule has 18 heavy (non-hydrogen) atoms. The fraction of sp³-hybridized carbons (Fsp3) is 0.462. The maximum absolute atomic E-state index is 12.3. The lowest BCUT2D eigenvalue weighted by Gasteiger charge is -2.31. The van der Waals surface area contributed by atoms with Crippen molar-refractivity contribution in [1.82, 2.24) is 10.2 Å². The lowest BCUT2D eigenvalue weighted by Crippen LogP contribution is -2.46. The lowest BCUT2D eigenvalue weighted by atomic mass is 10.1. The van der Waals surface area contributed by atoms with Crippen LogP contribution in [0.25, 0.3) is 0 Å². The number of likely N-dealkylation sites (N-methyl/N-ethyl adjacent to an activating group) is 1. The third-order valence-corrected chi connectivity index (χ3v) is 3.70. The standard InChI is InChI=1S/C13H17BrN2O.ClH/c1-16(12-6-3-7-15-9-12)13(17)10-4-2-5-11(14)8-10;/h2,4-5,8,12,15H,3,6-7,9H2,1H3;1H. The van der Waals surface area contributed by atoms with Gasteiger partial charge in [-0.05, 0) is 37.6 Å². The van der Waals surface area contributed by atoms with Crippen LogP contribution in [-0.2, 0) is 0 Å². The first-order chi connectivity index (χ1) is 8.18. The zero-order valence-corrected chi connectivity index (χ0v) is 12.8. The van der Waals surface area contributed by atoms with Gasteiger partial charge in [-0.25, -0.2) is 0 Å². The lowest BCUT2D eigenvalue weighted by molar-refractivity contribution is 0.0708. The first kappa shape index (κ1) is 15.5. The van der Waals surface area contributed by atoms with E-state index in [-0.39, 0.29) is 18.3 Å². The second kappa shape index (κ2) is 7.12. The van der Waals surface area contributed by atoms with Crippen LogP contribution >= 0.6 is 28.3 Å². The number of hydrogen-bond donors (Lipinski definition) is 1. The van der Waals surface area contributed by atoms with Crippen molar-refractivity contribution < 1.29 is 4.79 Å². The Labute approximate surface area is 122 Å². The molecule has 1 atom stereocenters. The molecule has 0 aliphatic carbocycles. The monoisotopic (exact) mass is 332 g/mol. The summed E-state index contributed by atoms with van der Waals surface area (Å²) >= 11 is 3.39. The number of amides is 1. The van der Waals surface area contributed by atoms with Gasteiger partial charge in [0.15, 0.2) is 0 Å². The van der Waals surface area contributed by atoms with Crippen molar-refractivity contribution in [3.05, 3.63) is 34.3 Å². The molecule has 5 heteroatoms. The second-order valence-electron chi connectivity index (χ2n) is 4.43. The molecule has 1 aromatic rings. The van der Waals surface area contributed by atoms with Crippen LogP contribution in [0.4, 0.5) is 0 Å². The van der Waals surface area contributed by atoms with E-state index in [0.717, 1.165) is 36.0 Å². The third kappa shape index (κ3) is 3.70. The van der Waals surface area contributed by atoms with Crippen LogP contribution in [0.2, 0.25) is 0 Å². The van der Waals surface area contributed by atoms with Crippen LogP contribution in [-0.4, -0.2) is 37.0 Å². The predicted octanol–water partition coefficient (Wildman–Crippen LogP) is 2.69. The Morgan fingerprint density at radius 2 is 2.28 bits per heavy atom. The van der Waals surface area contributed by atoms with Crippen molar-refractivity contribution >= 4 is 34.2 Å². The van der Waals surface area contributed by atoms with Crippen LogP contribution in [0.15, 0.2) is 28.7 Å². The van der Waals surface area contributed by atoms with Gasteiger partial charge in [0, 0.05) is 29.7 Å². The average Bonchev–Trinajstić information content (AvgIpc) is 2.38. The van der Waals surface area contributed by atoms with Crippen LogP contribution in [0.5, 0.6) is 0 Å². The topological polar surface area (TPSA) is 32.3 Å². The predicted molar refractivity (Wildman–Crippen MR) is 79.4 cm³/mol. The molecular weight excluding hydrogens is 316 g/mol. The molecule has 2 rings (SSSR count). The summed E-state index contributed by atoms with van der Waals surface area (Å²) in [6.45, 7) is 1.96. The summed E-state index contributed by atoms with van der Waals surface area (Å²) in [5.41, 5.74) is 0.743. The van der Waals surface area contributed by atoms with Gasteiger partial charge < -0.3 is 10.2 Å². The molecule has 1 fully saturated rings. The summed E-state index contributed by atoms with van der Waals surface area (Å²) in [4.78, 5) is 14.1. The van der Waals surface area contributed by atoms with E-state index >= 15 is 0 Å². The minimum atomic E-state index is 0. The van der Waals surface area contributed by atoms with Crippen molar-refractivity contribution in [3.8, 4) is 0 Å². The molecular formula is C13H18BrClN2O. The molecule has 100 valence electrons. The molecule has 0 radical (unpaired) electrons. The van der Waals surface area contributed by atoms with E-state index in [1.807, 2.05) is 36.2 Å². The van der Waals surface area contributed by atoms with E-state index in [1.54, 1.807) is 0 Å². The third-order valence-electron chi connectivity index (χ3n) is 3.21. The quantitative estimate of drug-likeness (QED) is 0.902. The molecule has 3 nitrogen and oxygen atoms in total. The Hall–Kier alpha value is -0.580. The summed E-state index contributed by atoms with van der Waals surface area (Å²) in [6.07, 6.45) is 2.23. The first-order valence-corrected chi connectivity index (χ1v) is 6.71. The SMILES string of the molecule is CN(C(=O)c1cccc(Br)c1)C1CCCNC1.Cl. The number of carbonyl (C=O) groups excluding carboxylic acids is 1. The molecule has 1 heterocycles. The highest BCUT2D eigenvalue weighted by atomic mass is 79.9. The second-order valence-corrected chi connectivity index (χ2v) is 5.34. The average molecular weight is 334 g/mol. The summed E-state index contributed by atoms with van der Waals surface area (Å²) in [7, 11) is 1.89. The van der Waals surface area contributed by atoms with Gasteiger partial charge in [0.2, 0.25) is 0 Å². The van der Waals surface area contributed by atoms with Crippen LogP contribution in [0, 0.1) is 0 Å². The zero-order chi connectivity index (χ0) is 12.3. The van der Waals surface area contributed by atoms with Gasteiger partial charge in [0.05, 0.1) is 0 Å². The largest absolute Gasteiger partial charge is 0.337 e. The molecule has 1 aliphatic heterocycles.